The Morgan fingerprint density at radius 2 is 2.33 bits per heavy atom. The Bertz CT molecular complexity index is 378. The van der Waals surface area contributed by atoms with Gasteiger partial charge < -0.3 is 0 Å². The molecule has 0 radical (unpaired) electrons. The van der Waals surface area contributed by atoms with Crippen molar-refractivity contribution in [2.24, 2.45) is 0 Å². The molecule has 2 aromatic heterocycles. The fourth-order valence-electron chi connectivity index (χ4n) is 0.967. The molecule has 12 heavy (non-hydrogen) atoms. The smallest absolute Gasteiger partial charge is 0.122 e. The minimum Gasteiger partial charge on any atom is -0.239 e. The molecule has 0 aliphatic heterocycles. The summed E-state index contributed by atoms with van der Waals surface area (Å²) in [7, 11) is 0. The quantitative estimate of drug-likeness (QED) is 0.705. The summed E-state index contributed by atoms with van der Waals surface area (Å²) in [5.41, 5.74) is 0.925. The molecule has 0 unspecified atom stereocenters. The summed E-state index contributed by atoms with van der Waals surface area (Å²) in [4.78, 5) is 5.49. The van der Waals surface area contributed by atoms with Gasteiger partial charge in [-0.3, -0.25) is 0 Å². The Hall–Kier alpha value is -0.380. The van der Waals surface area contributed by atoms with Crippen molar-refractivity contribution in [1.29, 1.82) is 0 Å². The van der Waals surface area contributed by atoms with Crippen molar-refractivity contribution >= 4 is 34.3 Å². The molecule has 0 amide bonds. The molecule has 1 nitrogen and oxygen atoms in total. The van der Waals surface area contributed by atoms with Gasteiger partial charge in [0.15, 0.2) is 0 Å². The number of aromatic nitrogens is 1. The maximum absolute atomic E-state index is 6.00. The zero-order valence-electron chi connectivity index (χ0n) is 6.37. The van der Waals surface area contributed by atoms with Gasteiger partial charge in [0.25, 0.3) is 0 Å². The SMILES string of the molecule is Cc1nc(-c2cccs2)c(Cl)s1. The molecule has 0 saturated carbocycles. The molecule has 0 N–H and O–H groups in total. The first-order valence-corrected chi connectivity index (χ1v) is 5.51. The minimum absolute atomic E-state index is 0.787. The maximum Gasteiger partial charge on any atom is 0.122 e. The molecule has 2 rings (SSSR count). The first kappa shape index (κ1) is 8.23. The lowest BCUT2D eigenvalue weighted by Gasteiger charge is -1.88. The third-order valence-corrected chi connectivity index (χ3v) is 3.49. The third kappa shape index (κ3) is 1.40. The van der Waals surface area contributed by atoms with Crippen LogP contribution in [-0.4, -0.2) is 4.98 Å². The summed E-state index contributed by atoms with van der Waals surface area (Å²) >= 11 is 9.19. The summed E-state index contributed by atoms with van der Waals surface area (Å²) in [5, 5.41) is 3.05. The highest BCUT2D eigenvalue weighted by atomic mass is 35.5. The Morgan fingerprint density at radius 3 is 2.83 bits per heavy atom. The Morgan fingerprint density at radius 1 is 1.50 bits per heavy atom. The van der Waals surface area contributed by atoms with Crippen LogP contribution in [0.1, 0.15) is 5.01 Å². The average Bonchev–Trinajstić information content (AvgIpc) is 2.58. The van der Waals surface area contributed by atoms with Crippen LogP contribution in [0.4, 0.5) is 0 Å². The number of thiophene rings is 1. The summed E-state index contributed by atoms with van der Waals surface area (Å²) in [5.74, 6) is 0. The van der Waals surface area contributed by atoms with E-state index in [4.69, 9.17) is 11.6 Å². The van der Waals surface area contributed by atoms with E-state index in [1.54, 1.807) is 11.3 Å². The summed E-state index contributed by atoms with van der Waals surface area (Å²) in [6.07, 6.45) is 0. The number of halogens is 1. The van der Waals surface area contributed by atoms with Gasteiger partial charge in [-0.05, 0) is 18.4 Å². The minimum atomic E-state index is 0.787. The van der Waals surface area contributed by atoms with Gasteiger partial charge in [-0.2, -0.15) is 0 Å². The van der Waals surface area contributed by atoms with Gasteiger partial charge in [0, 0.05) is 0 Å². The molecular weight excluding hydrogens is 210 g/mol. The van der Waals surface area contributed by atoms with Crippen molar-refractivity contribution in [3.63, 3.8) is 0 Å². The van der Waals surface area contributed by atoms with Crippen LogP contribution < -0.4 is 0 Å². The Labute approximate surface area is 83.7 Å². The van der Waals surface area contributed by atoms with E-state index in [2.05, 4.69) is 4.98 Å². The fraction of sp³-hybridized carbons (Fsp3) is 0.125. The van der Waals surface area contributed by atoms with E-state index < -0.39 is 0 Å². The van der Waals surface area contributed by atoms with E-state index in [1.165, 1.54) is 11.3 Å². The van der Waals surface area contributed by atoms with Crippen molar-refractivity contribution in [2.75, 3.05) is 0 Å². The number of nitrogens with zero attached hydrogens (tertiary/aromatic N) is 1. The van der Waals surface area contributed by atoms with Gasteiger partial charge in [0.1, 0.15) is 10.0 Å². The van der Waals surface area contributed by atoms with Crippen molar-refractivity contribution in [2.45, 2.75) is 6.92 Å². The van der Waals surface area contributed by atoms with Crippen LogP contribution in [-0.2, 0) is 0 Å². The predicted molar refractivity (Wildman–Crippen MR) is 55.2 cm³/mol. The van der Waals surface area contributed by atoms with E-state index in [9.17, 15) is 0 Å². The highest BCUT2D eigenvalue weighted by Gasteiger charge is 2.08. The van der Waals surface area contributed by atoms with Crippen molar-refractivity contribution < 1.29 is 0 Å². The van der Waals surface area contributed by atoms with Crippen LogP contribution in [0, 0.1) is 6.92 Å². The van der Waals surface area contributed by atoms with Crippen LogP contribution in [0.15, 0.2) is 17.5 Å². The number of aryl methyl sites for hydroxylation is 1. The van der Waals surface area contributed by atoms with E-state index in [1.807, 2.05) is 24.4 Å². The largest absolute Gasteiger partial charge is 0.239 e. The zero-order chi connectivity index (χ0) is 8.55. The highest BCUT2D eigenvalue weighted by molar-refractivity contribution is 7.17. The molecule has 62 valence electrons. The third-order valence-electron chi connectivity index (χ3n) is 1.45. The molecule has 2 aromatic rings. The second kappa shape index (κ2) is 3.17. The molecule has 0 fully saturated rings. The summed E-state index contributed by atoms with van der Waals surface area (Å²) in [6.45, 7) is 1.97. The lowest BCUT2D eigenvalue weighted by molar-refractivity contribution is 1.31. The molecule has 2 heterocycles. The maximum atomic E-state index is 6.00. The molecular formula is C8H6ClNS2. The van der Waals surface area contributed by atoms with Crippen LogP contribution >= 0.6 is 34.3 Å². The Balaban J connectivity index is 2.54. The number of thiazole rings is 1. The van der Waals surface area contributed by atoms with Gasteiger partial charge in [0.05, 0.1) is 9.88 Å². The molecule has 0 bridgehead atoms. The molecule has 0 aliphatic carbocycles. The van der Waals surface area contributed by atoms with Crippen molar-refractivity contribution in [3.8, 4) is 10.6 Å². The van der Waals surface area contributed by atoms with Gasteiger partial charge >= 0.3 is 0 Å². The molecule has 0 spiro atoms. The highest BCUT2D eigenvalue weighted by Crippen LogP contribution is 2.34. The molecule has 4 heteroatoms. The molecule has 0 atom stereocenters. The topological polar surface area (TPSA) is 12.9 Å². The van der Waals surface area contributed by atoms with Gasteiger partial charge in [-0.25, -0.2) is 4.98 Å². The number of rotatable bonds is 1. The van der Waals surface area contributed by atoms with Gasteiger partial charge in [-0.15, -0.1) is 22.7 Å². The van der Waals surface area contributed by atoms with Gasteiger partial charge in [-0.1, -0.05) is 17.7 Å². The number of hydrogen-bond acceptors (Lipinski definition) is 3. The lowest BCUT2D eigenvalue weighted by atomic mass is 10.4. The first-order valence-electron chi connectivity index (χ1n) is 3.44. The van der Waals surface area contributed by atoms with Gasteiger partial charge in [0.2, 0.25) is 0 Å². The van der Waals surface area contributed by atoms with Crippen molar-refractivity contribution in [1.82, 2.24) is 4.98 Å². The standard InChI is InChI=1S/C8H6ClNS2/c1-5-10-7(8(9)12-5)6-3-2-4-11-6/h2-4H,1H3. The molecule has 0 aromatic carbocycles. The molecule has 0 aliphatic rings. The average molecular weight is 216 g/mol. The number of hydrogen-bond donors (Lipinski definition) is 0. The van der Waals surface area contributed by atoms with E-state index in [-0.39, 0.29) is 0 Å². The Kier molecular flexibility index (Phi) is 2.17. The fourth-order valence-corrected chi connectivity index (χ4v) is 2.94. The molecule has 0 saturated heterocycles. The second-order valence-corrected chi connectivity index (χ2v) is 5.09. The van der Waals surface area contributed by atoms with E-state index >= 15 is 0 Å². The summed E-state index contributed by atoms with van der Waals surface area (Å²) < 4.78 is 0.787. The monoisotopic (exact) mass is 215 g/mol. The van der Waals surface area contributed by atoms with E-state index in [0.717, 1.165) is 19.9 Å². The van der Waals surface area contributed by atoms with Crippen LogP contribution in [0.3, 0.4) is 0 Å². The van der Waals surface area contributed by atoms with Crippen molar-refractivity contribution in [3.05, 3.63) is 26.9 Å². The van der Waals surface area contributed by atoms with Crippen LogP contribution in [0.25, 0.3) is 10.6 Å². The first-order chi connectivity index (χ1) is 5.77. The van der Waals surface area contributed by atoms with Crippen LogP contribution in [0.2, 0.25) is 4.34 Å². The van der Waals surface area contributed by atoms with E-state index in [0.29, 0.717) is 0 Å². The van der Waals surface area contributed by atoms with Crippen LogP contribution in [0.5, 0.6) is 0 Å². The predicted octanol–water partition coefficient (Wildman–Crippen LogP) is 3.83. The lowest BCUT2D eigenvalue weighted by Crippen LogP contribution is -1.72. The summed E-state index contributed by atoms with van der Waals surface area (Å²) in [6, 6.07) is 4.04. The zero-order valence-corrected chi connectivity index (χ0v) is 8.76. The normalized spacial score (nSPS) is 10.5. The second-order valence-electron chi connectivity index (χ2n) is 2.33.